The summed E-state index contributed by atoms with van der Waals surface area (Å²) in [4.78, 5) is 59.3. The van der Waals surface area contributed by atoms with E-state index in [1.807, 2.05) is 13.0 Å². The molecule has 1 N–H and O–H groups in total. The summed E-state index contributed by atoms with van der Waals surface area (Å²) in [6.07, 6.45) is 2.87. The van der Waals surface area contributed by atoms with Gasteiger partial charge in [0.15, 0.2) is 0 Å². The normalized spacial score (nSPS) is 19.8. The molecule has 2 aromatic rings. The van der Waals surface area contributed by atoms with Crippen LogP contribution in [-0.2, 0) is 19.1 Å². The monoisotopic (exact) mass is 501 g/mol. The van der Waals surface area contributed by atoms with Gasteiger partial charge in [-0.05, 0) is 31.6 Å². The highest BCUT2D eigenvalue weighted by Crippen LogP contribution is 2.33. The number of fused-ring (bicyclic) bond motifs is 1. The van der Waals surface area contributed by atoms with Gasteiger partial charge in [-0.1, -0.05) is 30.0 Å². The molecule has 0 unspecified atom stereocenters. The molecule has 0 saturated carbocycles. The predicted octanol–water partition coefficient (Wildman–Crippen LogP) is 1.09. The zero-order valence-electron chi connectivity index (χ0n) is 18.9. The largest absolute Gasteiger partial charge is 0.466 e. The van der Waals surface area contributed by atoms with Gasteiger partial charge in [0.1, 0.15) is 21.8 Å². The highest BCUT2D eigenvalue weighted by Gasteiger charge is 2.36. The van der Waals surface area contributed by atoms with E-state index in [0.717, 1.165) is 17.3 Å². The van der Waals surface area contributed by atoms with Crippen molar-refractivity contribution in [3.8, 4) is 0 Å². The van der Waals surface area contributed by atoms with Crippen molar-refractivity contribution in [3.05, 3.63) is 44.7 Å². The number of nitrogens with zero attached hydrogens (tertiary/aromatic N) is 4. The van der Waals surface area contributed by atoms with Crippen molar-refractivity contribution < 1.29 is 19.1 Å². The van der Waals surface area contributed by atoms with Crippen LogP contribution in [0.3, 0.4) is 0 Å². The lowest BCUT2D eigenvalue weighted by Crippen LogP contribution is -2.57. The summed E-state index contributed by atoms with van der Waals surface area (Å²) in [6.45, 7) is 4.33. The van der Waals surface area contributed by atoms with Gasteiger partial charge in [0.25, 0.3) is 11.5 Å². The number of esters is 1. The van der Waals surface area contributed by atoms with Crippen LogP contribution in [-0.4, -0.2) is 69.2 Å². The number of carbonyl (C=O) groups is 3. The van der Waals surface area contributed by atoms with E-state index >= 15 is 0 Å². The second-order valence-corrected chi connectivity index (χ2v) is 9.46. The summed E-state index contributed by atoms with van der Waals surface area (Å²) < 4.78 is 6.83. The van der Waals surface area contributed by atoms with Crippen LogP contribution in [0.5, 0.6) is 0 Å². The summed E-state index contributed by atoms with van der Waals surface area (Å²) in [5.41, 5.74) is 0.922. The highest BCUT2D eigenvalue weighted by molar-refractivity contribution is 8.26. The maximum absolute atomic E-state index is 13.6. The fourth-order valence-electron chi connectivity index (χ4n) is 3.87. The van der Waals surface area contributed by atoms with Crippen molar-refractivity contribution in [2.24, 2.45) is 0 Å². The first-order valence-electron chi connectivity index (χ1n) is 10.7. The second-order valence-electron chi connectivity index (χ2n) is 7.79. The Kier molecular flexibility index (Phi) is 6.71. The first-order chi connectivity index (χ1) is 16.2. The van der Waals surface area contributed by atoms with E-state index in [1.54, 1.807) is 31.1 Å². The topological polar surface area (TPSA) is 113 Å². The summed E-state index contributed by atoms with van der Waals surface area (Å²) in [5, 5.41) is 2.76. The molecule has 12 heteroatoms. The molecule has 0 radical (unpaired) electrons. The van der Waals surface area contributed by atoms with Crippen LogP contribution in [0.1, 0.15) is 24.5 Å². The van der Waals surface area contributed by atoms with Gasteiger partial charge in [-0.2, -0.15) is 0 Å². The second kappa shape index (κ2) is 9.55. The Morgan fingerprint density at radius 2 is 2.15 bits per heavy atom. The maximum Gasteiger partial charge on any atom is 0.308 e. The number of hydrogen-bond donors (Lipinski definition) is 1. The number of nitrogens with one attached hydrogen (secondary N) is 1. The van der Waals surface area contributed by atoms with E-state index < -0.39 is 17.6 Å². The number of aryl methyl sites for hydroxylation is 1. The Morgan fingerprint density at radius 1 is 1.38 bits per heavy atom. The molecule has 0 bridgehead atoms. The van der Waals surface area contributed by atoms with Crippen LogP contribution in [0.25, 0.3) is 11.7 Å². The van der Waals surface area contributed by atoms with Crippen LogP contribution >= 0.6 is 24.0 Å². The molecule has 2 aromatic heterocycles. The SMILES string of the molecule is CCOC(=O)C[C@@H]1C(=O)NCCN1c1nc2c(C)cccn2c(=O)c1/C=C1\SC(=S)N(C)C1=O. The van der Waals surface area contributed by atoms with Crippen LogP contribution in [0, 0.1) is 6.92 Å². The molecule has 10 nitrogen and oxygen atoms in total. The Balaban J connectivity index is 1.92. The van der Waals surface area contributed by atoms with E-state index in [1.165, 1.54) is 15.4 Å². The summed E-state index contributed by atoms with van der Waals surface area (Å²) >= 11 is 6.31. The third-order valence-corrected chi connectivity index (χ3v) is 7.08. The van der Waals surface area contributed by atoms with Crippen molar-refractivity contribution in [1.29, 1.82) is 0 Å². The highest BCUT2D eigenvalue weighted by atomic mass is 32.2. The Bertz CT molecular complexity index is 1300. The van der Waals surface area contributed by atoms with Crippen molar-refractivity contribution in [2.45, 2.75) is 26.3 Å². The van der Waals surface area contributed by atoms with E-state index in [-0.39, 0.29) is 41.1 Å². The van der Waals surface area contributed by atoms with Gasteiger partial charge in [0, 0.05) is 26.3 Å². The predicted molar refractivity (Wildman–Crippen MR) is 133 cm³/mol. The molecule has 0 spiro atoms. The lowest BCUT2D eigenvalue weighted by Gasteiger charge is -2.36. The fourth-order valence-corrected chi connectivity index (χ4v) is 5.03. The number of pyridine rings is 1. The van der Waals surface area contributed by atoms with E-state index in [4.69, 9.17) is 21.9 Å². The van der Waals surface area contributed by atoms with Crippen LogP contribution in [0.4, 0.5) is 5.82 Å². The molecule has 2 amide bonds. The van der Waals surface area contributed by atoms with Gasteiger partial charge >= 0.3 is 5.97 Å². The molecule has 34 heavy (non-hydrogen) atoms. The van der Waals surface area contributed by atoms with Crippen LogP contribution in [0.15, 0.2) is 28.0 Å². The van der Waals surface area contributed by atoms with E-state index in [9.17, 15) is 19.2 Å². The van der Waals surface area contributed by atoms with Crippen molar-refractivity contribution in [1.82, 2.24) is 19.6 Å². The van der Waals surface area contributed by atoms with Crippen LogP contribution in [0.2, 0.25) is 0 Å². The molecule has 2 aliphatic rings. The number of piperazine rings is 1. The van der Waals surface area contributed by atoms with Gasteiger partial charge in [-0.3, -0.25) is 28.5 Å². The maximum atomic E-state index is 13.6. The zero-order valence-corrected chi connectivity index (χ0v) is 20.5. The smallest absolute Gasteiger partial charge is 0.308 e. The standard InChI is InChI=1S/C22H23N5O5S2/c1-4-32-16(28)11-14-19(29)23-7-9-26(14)18-13(10-15-21(31)25(3)22(33)34-15)20(30)27-8-5-6-12(2)17(27)24-18/h5-6,8,10,14H,4,7,9,11H2,1-3H3,(H,23,29)/b15-10-/t14-/m1/s1. The average molecular weight is 502 g/mol. The number of hydrogen-bond acceptors (Lipinski definition) is 9. The number of amides is 2. The van der Waals surface area contributed by atoms with Crippen molar-refractivity contribution in [3.63, 3.8) is 0 Å². The van der Waals surface area contributed by atoms with Crippen molar-refractivity contribution >= 4 is 63.6 Å². The first-order valence-corrected chi connectivity index (χ1v) is 11.9. The number of thioether (sulfide) groups is 1. The Morgan fingerprint density at radius 3 is 2.82 bits per heavy atom. The quantitative estimate of drug-likeness (QED) is 0.365. The molecule has 1 atom stereocenters. The molecule has 2 fully saturated rings. The molecule has 4 rings (SSSR count). The fraction of sp³-hybridized carbons (Fsp3) is 0.364. The lowest BCUT2D eigenvalue weighted by atomic mass is 10.1. The number of aromatic nitrogens is 2. The number of anilines is 1. The van der Waals surface area contributed by atoms with Crippen molar-refractivity contribution in [2.75, 3.05) is 31.6 Å². The summed E-state index contributed by atoms with van der Waals surface area (Å²) in [6, 6.07) is 2.64. The lowest BCUT2D eigenvalue weighted by molar-refractivity contribution is -0.145. The van der Waals surface area contributed by atoms with Gasteiger partial charge in [-0.25, -0.2) is 4.98 Å². The van der Waals surface area contributed by atoms with Gasteiger partial charge in [-0.15, -0.1) is 0 Å². The minimum Gasteiger partial charge on any atom is -0.466 e. The molecule has 0 aromatic carbocycles. The number of rotatable bonds is 5. The van der Waals surface area contributed by atoms with Gasteiger partial charge in [0.05, 0.1) is 23.5 Å². The summed E-state index contributed by atoms with van der Waals surface area (Å²) in [5.74, 6) is -0.993. The molecular weight excluding hydrogens is 478 g/mol. The van der Waals surface area contributed by atoms with E-state index in [2.05, 4.69) is 5.32 Å². The molecule has 2 aliphatic heterocycles. The minimum absolute atomic E-state index is 0.139. The molecular formula is C22H23N5O5S2. The minimum atomic E-state index is -0.918. The average Bonchev–Trinajstić information content (AvgIpc) is 3.04. The van der Waals surface area contributed by atoms with Gasteiger partial charge in [0.2, 0.25) is 5.91 Å². The van der Waals surface area contributed by atoms with Gasteiger partial charge < -0.3 is 15.0 Å². The molecule has 0 aliphatic carbocycles. The van der Waals surface area contributed by atoms with E-state index in [0.29, 0.717) is 23.1 Å². The summed E-state index contributed by atoms with van der Waals surface area (Å²) in [7, 11) is 1.57. The molecule has 2 saturated heterocycles. The molecule has 4 heterocycles. The van der Waals surface area contributed by atoms with Crippen LogP contribution < -0.4 is 15.8 Å². The first kappa shape index (κ1) is 23.9. The number of carbonyl (C=O) groups excluding carboxylic acids is 3. The third-order valence-electron chi connectivity index (χ3n) is 5.59. The Hall–Kier alpha value is -3.25. The molecule has 178 valence electrons. The number of likely N-dealkylation sites (N-methyl/N-ethyl adjacent to an activating group) is 1. The number of ether oxygens (including phenoxy) is 1. The Labute approximate surface area is 204 Å². The third kappa shape index (κ3) is 4.30. The number of thiocarbonyl (C=S) groups is 1. The zero-order chi connectivity index (χ0) is 24.6.